The molecular formula is C15H21N3O2. The Morgan fingerprint density at radius 2 is 2.25 bits per heavy atom. The molecule has 2 rings (SSSR count). The zero-order chi connectivity index (χ0) is 14.6. The van der Waals surface area contributed by atoms with E-state index in [-0.39, 0.29) is 11.8 Å². The third-order valence-corrected chi connectivity index (χ3v) is 4.08. The van der Waals surface area contributed by atoms with Gasteiger partial charge in [-0.25, -0.2) is 0 Å². The van der Waals surface area contributed by atoms with Crippen molar-refractivity contribution in [2.75, 3.05) is 6.54 Å². The quantitative estimate of drug-likeness (QED) is 0.879. The minimum absolute atomic E-state index is 0.0702. The van der Waals surface area contributed by atoms with E-state index in [1.165, 1.54) is 6.92 Å². The molecule has 1 aliphatic rings. The second kappa shape index (κ2) is 6.03. The average Bonchev–Trinajstić information content (AvgIpc) is 2.85. The van der Waals surface area contributed by atoms with Crippen LogP contribution in [0.5, 0.6) is 0 Å². The van der Waals surface area contributed by atoms with Crippen molar-refractivity contribution in [1.82, 2.24) is 9.88 Å². The number of pyridine rings is 1. The molecule has 1 saturated heterocycles. The van der Waals surface area contributed by atoms with Crippen molar-refractivity contribution in [2.45, 2.75) is 44.6 Å². The molecule has 108 valence electrons. The Labute approximate surface area is 119 Å². The van der Waals surface area contributed by atoms with Gasteiger partial charge in [0.2, 0.25) is 11.8 Å². The highest BCUT2D eigenvalue weighted by molar-refractivity contribution is 5.90. The molecule has 20 heavy (non-hydrogen) atoms. The molecule has 2 amide bonds. The maximum absolute atomic E-state index is 11.9. The fraction of sp³-hybridized carbons (Fsp3) is 0.533. The number of likely N-dealkylation sites (tertiary alicyclic amines) is 1. The minimum atomic E-state index is -0.791. The third-order valence-electron chi connectivity index (χ3n) is 4.08. The monoisotopic (exact) mass is 275 g/mol. The summed E-state index contributed by atoms with van der Waals surface area (Å²) in [5, 5.41) is 0. The van der Waals surface area contributed by atoms with E-state index in [4.69, 9.17) is 5.73 Å². The minimum Gasteiger partial charge on any atom is -0.368 e. The number of aryl methyl sites for hydroxylation is 1. The number of amides is 2. The van der Waals surface area contributed by atoms with Crippen LogP contribution in [0.2, 0.25) is 0 Å². The lowest BCUT2D eigenvalue weighted by Gasteiger charge is -2.35. The molecule has 0 bridgehead atoms. The van der Waals surface area contributed by atoms with E-state index in [2.05, 4.69) is 4.98 Å². The zero-order valence-corrected chi connectivity index (χ0v) is 11.8. The smallest absolute Gasteiger partial charge is 0.243 e. The van der Waals surface area contributed by atoms with Crippen molar-refractivity contribution in [3.63, 3.8) is 0 Å². The van der Waals surface area contributed by atoms with E-state index >= 15 is 0 Å². The van der Waals surface area contributed by atoms with E-state index in [0.717, 1.165) is 25.0 Å². The van der Waals surface area contributed by atoms with Crippen LogP contribution in [0.25, 0.3) is 0 Å². The summed E-state index contributed by atoms with van der Waals surface area (Å²) in [5.41, 5.74) is 5.80. The topological polar surface area (TPSA) is 76.3 Å². The molecule has 5 nitrogen and oxygen atoms in total. The average molecular weight is 275 g/mol. The standard InChI is InChI=1S/C15H21N3O2/c1-12(19)18-11-5-9-15(18,14(16)20)8-4-7-13-6-2-3-10-17-13/h2-3,6,10H,4-5,7-9,11H2,1H3,(H2,16,20). The molecule has 2 N–H and O–H groups in total. The Morgan fingerprint density at radius 3 is 2.85 bits per heavy atom. The molecule has 0 saturated carbocycles. The third kappa shape index (κ3) is 2.81. The molecule has 0 radical (unpaired) electrons. The fourth-order valence-corrected chi connectivity index (χ4v) is 3.08. The van der Waals surface area contributed by atoms with Crippen molar-refractivity contribution in [2.24, 2.45) is 5.73 Å². The SMILES string of the molecule is CC(=O)N1CCCC1(CCCc1ccccn1)C(N)=O. The molecule has 0 aromatic carbocycles. The number of nitrogens with two attached hydrogens (primary N) is 1. The van der Waals surface area contributed by atoms with Crippen molar-refractivity contribution < 1.29 is 9.59 Å². The highest BCUT2D eigenvalue weighted by Crippen LogP contribution is 2.33. The molecule has 1 atom stereocenters. The molecule has 1 fully saturated rings. The Kier molecular flexibility index (Phi) is 4.37. The van der Waals surface area contributed by atoms with Crippen molar-refractivity contribution in [1.29, 1.82) is 0 Å². The van der Waals surface area contributed by atoms with Crippen LogP contribution in [0.15, 0.2) is 24.4 Å². The van der Waals surface area contributed by atoms with Gasteiger partial charge >= 0.3 is 0 Å². The Bertz CT molecular complexity index is 489. The predicted octanol–water partition coefficient (Wildman–Crippen LogP) is 1.27. The molecule has 1 aromatic heterocycles. The van der Waals surface area contributed by atoms with Crippen LogP contribution in [-0.4, -0.2) is 33.8 Å². The highest BCUT2D eigenvalue weighted by atomic mass is 16.2. The van der Waals surface area contributed by atoms with Crippen molar-refractivity contribution in [3.05, 3.63) is 30.1 Å². The number of primary amides is 1. The maximum Gasteiger partial charge on any atom is 0.243 e. The van der Waals surface area contributed by atoms with Gasteiger partial charge in [0.05, 0.1) is 0 Å². The number of hydrogen-bond donors (Lipinski definition) is 1. The number of carbonyl (C=O) groups is 2. The highest BCUT2D eigenvalue weighted by Gasteiger charge is 2.46. The lowest BCUT2D eigenvalue weighted by Crippen LogP contribution is -2.55. The van der Waals surface area contributed by atoms with Gasteiger partial charge in [0.15, 0.2) is 0 Å². The van der Waals surface area contributed by atoms with Gasteiger partial charge in [-0.15, -0.1) is 0 Å². The zero-order valence-electron chi connectivity index (χ0n) is 11.8. The first-order valence-electron chi connectivity index (χ1n) is 7.04. The summed E-state index contributed by atoms with van der Waals surface area (Å²) in [6.07, 6.45) is 5.47. The van der Waals surface area contributed by atoms with E-state index in [9.17, 15) is 9.59 Å². The van der Waals surface area contributed by atoms with Crippen LogP contribution in [0.1, 0.15) is 38.3 Å². The van der Waals surface area contributed by atoms with Gasteiger partial charge < -0.3 is 10.6 Å². The van der Waals surface area contributed by atoms with Crippen molar-refractivity contribution >= 4 is 11.8 Å². The summed E-state index contributed by atoms with van der Waals surface area (Å²) in [4.78, 5) is 29.5. The van der Waals surface area contributed by atoms with Gasteiger partial charge in [-0.2, -0.15) is 0 Å². The number of nitrogens with zero attached hydrogens (tertiary/aromatic N) is 2. The Balaban J connectivity index is 2.03. The van der Waals surface area contributed by atoms with Gasteiger partial charge in [-0.3, -0.25) is 14.6 Å². The number of rotatable bonds is 5. The van der Waals surface area contributed by atoms with Gasteiger partial charge in [0, 0.05) is 25.4 Å². The molecule has 1 unspecified atom stereocenters. The van der Waals surface area contributed by atoms with Gasteiger partial charge in [0.25, 0.3) is 0 Å². The number of hydrogen-bond acceptors (Lipinski definition) is 3. The fourth-order valence-electron chi connectivity index (χ4n) is 3.08. The lowest BCUT2D eigenvalue weighted by molar-refractivity contribution is -0.142. The van der Waals surface area contributed by atoms with Crippen LogP contribution < -0.4 is 5.73 Å². The summed E-state index contributed by atoms with van der Waals surface area (Å²) >= 11 is 0. The summed E-state index contributed by atoms with van der Waals surface area (Å²) in [7, 11) is 0. The first-order chi connectivity index (χ1) is 9.56. The van der Waals surface area contributed by atoms with Crippen LogP contribution >= 0.6 is 0 Å². The molecular weight excluding hydrogens is 254 g/mol. The first kappa shape index (κ1) is 14.5. The van der Waals surface area contributed by atoms with Crippen LogP contribution in [-0.2, 0) is 16.0 Å². The summed E-state index contributed by atoms with van der Waals surface area (Å²) < 4.78 is 0. The molecule has 1 aliphatic heterocycles. The van der Waals surface area contributed by atoms with Gasteiger partial charge in [-0.05, 0) is 44.2 Å². The van der Waals surface area contributed by atoms with Gasteiger partial charge in [-0.1, -0.05) is 6.07 Å². The van der Waals surface area contributed by atoms with E-state index in [1.807, 2.05) is 18.2 Å². The first-order valence-corrected chi connectivity index (χ1v) is 7.04. The molecule has 0 aliphatic carbocycles. The second-order valence-corrected chi connectivity index (χ2v) is 5.34. The molecule has 0 spiro atoms. The van der Waals surface area contributed by atoms with Crippen molar-refractivity contribution in [3.8, 4) is 0 Å². The van der Waals surface area contributed by atoms with Crippen LogP contribution in [0.4, 0.5) is 0 Å². The molecule has 2 heterocycles. The normalized spacial score (nSPS) is 21.9. The Morgan fingerprint density at radius 1 is 1.45 bits per heavy atom. The number of carbonyl (C=O) groups excluding carboxylic acids is 2. The summed E-state index contributed by atoms with van der Waals surface area (Å²) in [5.74, 6) is -0.453. The molecule has 5 heteroatoms. The van der Waals surface area contributed by atoms with E-state index < -0.39 is 5.54 Å². The molecule has 1 aromatic rings. The number of aromatic nitrogens is 1. The second-order valence-electron chi connectivity index (χ2n) is 5.34. The van der Waals surface area contributed by atoms with Crippen LogP contribution in [0, 0.1) is 0 Å². The van der Waals surface area contributed by atoms with E-state index in [0.29, 0.717) is 19.4 Å². The van der Waals surface area contributed by atoms with E-state index in [1.54, 1.807) is 11.1 Å². The lowest BCUT2D eigenvalue weighted by atomic mass is 9.88. The maximum atomic E-state index is 11.9. The summed E-state index contributed by atoms with van der Waals surface area (Å²) in [6.45, 7) is 2.13. The van der Waals surface area contributed by atoms with Crippen LogP contribution in [0.3, 0.4) is 0 Å². The predicted molar refractivity (Wildman–Crippen MR) is 75.7 cm³/mol. The Hall–Kier alpha value is -1.91. The largest absolute Gasteiger partial charge is 0.368 e. The summed E-state index contributed by atoms with van der Waals surface area (Å²) in [6, 6.07) is 5.79. The van der Waals surface area contributed by atoms with Gasteiger partial charge in [0.1, 0.15) is 5.54 Å².